The molecule has 1 aliphatic rings. The zero-order valence-corrected chi connectivity index (χ0v) is 30.0. The lowest BCUT2D eigenvalue weighted by Gasteiger charge is -2.26. The lowest BCUT2D eigenvalue weighted by Crippen LogP contribution is -2.26. The van der Waals surface area contributed by atoms with Gasteiger partial charge in [-0.2, -0.15) is 0 Å². The molecule has 53 heavy (non-hydrogen) atoms. The second-order valence-electron chi connectivity index (χ2n) is 11.7. The first-order chi connectivity index (χ1) is 24.9. The van der Waals surface area contributed by atoms with Crippen LogP contribution in [0.1, 0.15) is 54.2 Å². The van der Waals surface area contributed by atoms with Crippen LogP contribution in [-0.2, 0) is 9.59 Å². The number of hydrogen-bond donors (Lipinski definition) is 0. The van der Waals surface area contributed by atoms with Crippen LogP contribution < -0.4 is 38.6 Å². The quantitative estimate of drug-likeness (QED) is 0.114. The second-order valence-corrected chi connectivity index (χ2v) is 11.7. The molecule has 1 unspecified atom stereocenters. The van der Waals surface area contributed by atoms with Crippen molar-refractivity contribution in [2.75, 3.05) is 35.0 Å². The summed E-state index contributed by atoms with van der Waals surface area (Å²) in [4.78, 5) is 48.3. The first kappa shape index (κ1) is 39.5. The highest BCUT2D eigenvalue weighted by atomic mass is 16.5. The van der Waals surface area contributed by atoms with E-state index in [1.54, 1.807) is 89.8 Å². The summed E-state index contributed by atoms with van der Waals surface area (Å²) in [5, 5.41) is 0.408. The maximum Gasteiger partial charge on any atom is 0.308 e. The molecule has 1 aromatic heterocycles. The van der Waals surface area contributed by atoms with Crippen LogP contribution >= 0.6 is 0 Å². The van der Waals surface area contributed by atoms with Gasteiger partial charge in [0.2, 0.25) is 5.43 Å². The molecule has 2 heterocycles. The zero-order chi connectivity index (χ0) is 37.7. The van der Waals surface area contributed by atoms with Crippen LogP contribution in [-0.4, -0.2) is 52.8 Å². The molecule has 0 radical (unpaired) electrons. The van der Waals surface area contributed by atoms with E-state index in [0.29, 0.717) is 79.0 Å². The summed E-state index contributed by atoms with van der Waals surface area (Å²) < 4.78 is 42.9. The van der Waals surface area contributed by atoms with Gasteiger partial charge in [-0.15, -0.1) is 0 Å². The van der Waals surface area contributed by atoms with Crippen molar-refractivity contribution in [2.45, 2.75) is 41.0 Å². The van der Waals surface area contributed by atoms with Crippen LogP contribution in [0.2, 0.25) is 0 Å². The molecule has 0 amide bonds. The summed E-state index contributed by atoms with van der Waals surface area (Å²) in [6, 6.07) is 17.0. The van der Waals surface area contributed by atoms with Gasteiger partial charge in [-0.05, 0) is 73.5 Å². The maximum atomic E-state index is 13.0. The summed E-state index contributed by atoms with van der Waals surface area (Å²) >= 11 is 0. The van der Waals surface area contributed by atoms with Gasteiger partial charge in [0.05, 0.1) is 50.9 Å². The molecule has 1 atom stereocenters. The van der Waals surface area contributed by atoms with Crippen molar-refractivity contribution in [3.05, 3.63) is 99.4 Å². The van der Waals surface area contributed by atoms with Crippen molar-refractivity contribution >= 4 is 28.7 Å². The Morgan fingerprint density at radius 3 is 1.81 bits per heavy atom. The Hall–Kier alpha value is -6.30. The third-order valence-corrected chi connectivity index (χ3v) is 8.48. The van der Waals surface area contributed by atoms with Gasteiger partial charge in [-0.1, -0.05) is 19.6 Å². The van der Waals surface area contributed by atoms with E-state index < -0.39 is 17.9 Å². The Morgan fingerprint density at radius 2 is 1.21 bits per heavy atom. The minimum atomic E-state index is -0.443. The Labute approximate surface area is 307 Å². The van der Waals surface area contributed by atoms with E-state index in [4.69, 9.17) is 37.6 Å². The molecule has 0 N–H and O–H groups in total. The van der Waals surface area contributed by atoms with E-state index in [1.807, 2.05) is 6.07 Å². The van der Waals surface area contributed by atoms with Crippen LogP contribution in [0.15, 0.2) is 76.1 Å². The van der Waals surface area contributed by atoms with Crippen LogP contribution in [0.3, 0.4) is 0 Å². The van der Waals surface area contributed by atoms with Crippen LogP contribution in [0, 0.1) is 13.8 Å². The lowest BCUT2D eigenvalue weighted by molar-refractivity contribution is -0.132. The summed E-state index contributed by atoms with van der Waals surface area (Å²) in [7, 11) is 6.19. The van der Waals surface area contributed by atoms with E-state index in [9.17, 15) is 19.2 Å². The highest BCUT2D eigenvalue weighted by Crippen LogP contribution is 2.40. The molecule has 12 heteroatoms. The van der Waals surface area contributed by atoms with E-state index in [0.717, 1.165) is 5.56 Å². The van der Waals surface area contributed by atoms with Gasteiger partial charge in [0, 0.05) is 25.0 Å². The number of Topliss-reactive ketones (excluding diaryl/α,β-unsaturated/α-hetero) is 1. The Balaban J connectivity index is 0.000000232. The number of fused-ring (bicyclic) bond motifs is 2. The predicted molar refractivity (Wildman–Crippen MR) is 198 cm³/mol. The summed E-state index contributed by atoms with van der Waals surface area (Å²) in [5.74, 6) is 2.14. The fraction of sp³-hybridized carbons (Fsp3) is 0.268. The van der Waals surface area contributed by atoms with Gasteiger partial charge < -0.3 is 37.6 Å². The lowest BCUT2D eigenvalue weighted by atomic mass is 9.88. The monoisotopic (exact) mass is 726 g/mol. The van der Waals surface area contributed by atoms with Crippen LogP contribution in [0.4, 0.5) is 0 Å². The second kappa shape index (κ2) is 16.8. The number of benzene rings is 4. The first-order valence-electron chi connectivity index (χ1n) is 16.1. The summed E-state index contributed by atoms with van der Waals surface area (Å²) in [6.45, 7) is 6.35. The fourth-order valence-corrected chi connectivity index (χ4v) is 5.86. The van der Waals surface area contributed by atoms with Gasteiger partial charge in [0.25, 0.3) is 0 Å². The van der Waals surface area contributed by atoms with Crippen molar-refractivity contribution in [3.8, 4) is 51.4 Å². The Bertz CT molecular complexity index is 2230. The van der Waals surface area contributed by atoms with Crippen molar-refractivity contribution in [2.24, 2.45) is 0 Å². The molecule has 6 rings (SSSR count). The van der Waals surface area contributed by atoms with E-state index >= 15 is 0 Å². The molecule has 278 valence electrons. The number of esters is 2. The Morgan fingerprint density at radius 1 is 0.660 bits per heavy atom. The van der Waals surface area contributed by atoms with Gasteiger partial charge in [0.15, 0.2) is 28.8 Å². The van der Waals surface area contributed by atoms with Gasteiger partial charge in [0.1, 0.15) is 35.7 Å². The average molecular weight is 727 g/mol. The van der Waals surface area contributed by atoms with E-state index in [-0.39, 0.29) is 25.2 Å². The zero-order valence-electron chi connectivity index (χ0n) is 30.0. The van der Waals surface area contributed by atoms with Gasteiger partial charge in [-0.25, -0.2) is 0 Å². The predicted octanol–water partition coefficient (Wildman–Crippen LogP) is 7.64. The number of ether oxygens (including phenoxy) is 7. The van der Waals surface area contributed by atoms with Crippen molar-refractivity contribution in [1.29, 1.82) is 0 Å². The number of aryl methyl sites for hydroxylation is 1. The number of rotatable bonds is 8. The first-order valence-corrected chi connectivity index (χ1v) is 16.1. The summed E-state index contributed by atoms with van der Waals surface area (Å²) in [5.41, 5.74) is 3.75. The van der Waals surface area contributed by atoms with Crippen molar-refractivity contribution < 1.29 is 52.0 Å². The maximum absolute atomic E-state index is 13.0. The number of methoxy groups -OCH3 is 4. The highest BCUT2D eigenvalue weighted by molar-refractivity contribution is 6.05. The smallest absolute Gasteiger partial charge is 0.308 e. The van der Waals surface area contributed by atoms with E-state index in [1.165, 1.54) is 27.2 Å². The average Bonchev–Trinajstić information content (AvgIpc) is 3.13. The molecule has 0 saturated heterocycles. The summed E-state index contributed by atoms with van der Waals surface area (Å²) in [6.07, 6.45) is 1.40. The fourth-order valence-electron chi connectivity index (χ4n) is 5.86. The van der Waals surface area contributed by atoms with Crippen molar-refractivity contribution in [1.82, 2.24) is 0 Å². The Kier molecular flexibility index (Phi) is 12.5. The van der Waals surface area contributed by atoms with Crippen LogP contribution in [0.5, 0.6) is 40.2 Å². The normalized spacial score (nSPS) is 12.9. The van der Waals surface area contributed by atoms with Gasteiger partial charge in [-0.3, -0.25) is 19.2 Å². The standard InChI is InChI=1S/C20H20O6.C20H18O6.CH4/c2*1-11-16(26-12(2)21)8-6-14-19(22)15(10-25-20(11)14)13-5-7-17(23-3)18(9-13)24-4;/h5-9,15H,10H2,1-4H3;5-10H,1-4H3;1H4. The minimum absolute atomic E-state index is 0. The molecular formula is C41H42O12. The molecule has 1 aliphatic heterocycles. The molecule has 5 aromatic rings. The topological polar surface area (TPSA) is 146 Å². The molecule has 0 spiro atoms. The third-order valence-electron chi connectivity index (χ3n) is 8.48. The van der Waals surface area contributed by atoms with Gasteiger partial charge >= 0.3 is 11.9 Å². The molecule has 0 aliphatic carbocycles. The van der Waals surface area contributed by atoms with Crippen molar-refractivity contribution in [3.63, 3.8) is 0 Å². The molecule has 0 bridgehead atoms. The largest absolute Gasteiger partial charge is 0.493 e. The molecule has 0 saturated carbocycles. The number of ketones is 1. The highest BCUT2D eigenvalue weighted by Gasteiger charge is 2.32. The molecular weight excluding hydrogens is 684 g/mol. The number of hydrogen-bond acceptors (Lipinski definition) is 12. The number of carbonyl (C=O) groups is 3. The SMILES string of the molecule is C.COc1ccc(-c2coc3c(C)c(OC(C)=O)ccc3c2=O)cc1OC.COc1ccc(C2COc3c(ccc(OC(C)=O)c3C)C2=O)cc1OC. The third kappa shape index (κ3) is 8.12. The molecule has 12 nitrogen and oxygen atoms in total. The van der Waals surface area contributed by atoms with E-state index in [2.05, 4.69) is 0 Å². The molecule has 4 aromatic carbocycles. The molecule has 0 fully saturated rings. The number of carbonyl (C=O) groups excluding carboxylic acids is 3. The van der Waals surface area contributed by atoms with Crippen LogP contribution in [0.25, 0.3) is 22.1 Å². The minimum Gasteiger partial charge on any atom is -0.493 e.